The molecule has 0 spiro atoms. The summed E-state index contributed by atoms with van der Waals surface area (Å²) < 4.78 is 5.87. The SMILES string of the molecule is N[C@@H](Cc1cnc[nH]1)C(=O)N1CCc2oc(-c3ccccc3)nc2C1. The lowest BCUT2D eigenvalue weighted by Gasteiger charge is -2.27. The Hall–Kier alpha value is -2.93. The van der Waals surface area contributed by atoms with E-state index in [0.717, 1.165) is 22.7 Å². The van der Waals surface area contributed by atoms with Crippen LogP contribution < -0.4 is 5.73 Å². The minimum atomic E-state index is -0.595. The smallest absolute Gasteiger partial charge is 0.240 e. The summed E-state index contributed by atoms with van der Waals surface area (Å²) >= 11 is 0. The maximum absolute atomic E-state index is 12.6. The topological polar surface area (TPSA) is 101 Å². The molecule has 1 aliphatic heterocycles. The van der Waals surface area contributed by atoms with E-state index in [1.807, 2.05) is 30.3 Å². The van der Waals surface area contributed by atoms with Gasteiger partial charge in [0.15, 0.2) is 0 Å². The van der Waals surface area contributed by atoms with Gasteiger partial charge in [-0.1, -0.05) is 18.2 Å². The van der Waals surface area contributed by atoms with Gasteiger partial charge in [-0.25, -0.2) is 9.97 Å². The first-order chi connectivity index (χ1) is 12.2. The van der Waals surface area contributed by atoms with Crippen LogP contribution in [0.15, 0.2) is 47.3 Å². The third-order valence-electron chi connectivity index (χ3n) is 4.37. The van der Waals surface area contributed by atoms with Crippen LogP contribution in [0.25, 0.3) is 11.5 Å². The highest BCUT2D eigenvalue weighted by molar-refractivity contribution is 5.82. The fourth-order valence-electron chi connectivity index (χ4n) is 3.05. The number of oxazole rings is 1. The second kappa shape index (κ2) is 6.52. The number of amides is 1. The number of benzene rings is 1. The zero-order valence-electron chi connectivity index (χ0n) is 13.7. The number of fused-ring (bicyclic) bond motifs is 1. The lowest BCUT2D eigenvalue weighted by atomic mass is 10.1. The Morgan fingerprint density at radius 2 is 2.20 bits per heavy atom. The van der Waals surface area contributed by atoms with Gasteiger partial charge < -0.3 is 20.0 Å². The molecule has 1 aromatic carbocycles. The maximum Gasteiger partial charge on any atom is 0.240 e. The van der Waals surface area contributed by atoms with E-state index in [0.29, 0.717) is 31.8 Å². The molecule has 25 heavy (non-hydrogen) atoms. The summed E-state index contributed by atoms with van der Waals surface area (Å²) in [6.07, 6.45) is 4.36. The second-order valence-electron chi connectivity index (χ2n) is 6.15. The molecule has 3 heterocycles. The molecule has 7 nitrogen and oxygen atoms in total. The normalized spacial score (nSPS) is 15.0. The number of H-pyrrole nitrogens is 1. The molecule has 3 N–H and O–H groups in total. The van der Waals surface area contributed by atoms with E-state index in [1.165, 1.54) is 0 Å². The Bertz CT molecular complexity index is 857. The Labute approximate surface area is 144 Å². The van der Waals surface area contributed by atoms with E-state index in [4.69, 9.17) is 10.2 Å². The van der Waals surface area contributed by atoms with Crippen LogP contribution >= 0.6 is 0 Å². The summed E-state index contributed by atoms with van der Waals surface area (Å²) in [6.45, 7) is 1.02. The van der Waals surface area contributed by atoms with Crippen LogP contribution in [0.3, 0.4) is 0 Å². The molecule has 0 fully saturated rings. The van der Waals surface area contributed by atoms with Crippen molar-refractivity contribution in [2.24, 2.45) is 5.73 Å². The summed E-state index contributed by atoms with van der Waals surface area (Å²) in [5, 5.41) is 0. The lowest BCUT2D eigenvalue weighted by Crippen LogP contribution is -2.46. The van der Waals surface area contributed by atoms with Gasteiger partial charge in [-0.3, -0.25) is 4.79 Å². The summed E-state index contributed by atoms with van der Waals surface area (Å²) in [5.41, 5.74) is 8.67. The summed E-state index contributed by atoms with van der Waals surface area (Å²) in [4.78, 5) is 25.9. The average Bonchev–Trinajstić information content (AvgIpc) is 3.30. The van der Waals surface area contributed by atoms with Crippen molar-refractivity contribution in [3.63, 3.8) is 0 Å². The van der Waals surface area contributed by atoms with Crippen LogP contribution in [0, 0.1) is 0 Å². The number of imidazole rings is 1. The number of aromatic amines is 1. The fourth-order valence-corrected chi connectivity index (χ4v) is 3.05. The molecular weight excluding hydrogens is 318 g/mol. The largest absolute Gasteiger partial charge is 0.441 e. The Morgan fingerprint density at radius 1 is 1.36 bits per heavy atom. The first kappa shape index (κ1) is 15.6. The summed E-state index contributed by atoms with van der Waals surface area (Å²) in [5.74, 6) is 1.37. The van der Waals surface area contributed by atoms with E-state index in [1.54, 1.807) is 17.4 Å². The third kappa shape index (κ3) is 3.18. The molecule has 0 saturated heterocycles. The van der Waals surface area contributed by atoms with Crippen molar-refractivity contribution in [3.05, 3.63) is 60.0 Å². The van der Waals surface area contributed by atoms with Crippen molar-refractivity contribution in [1.29, 1.82) is 0 Å². The minimum Gasteiger partial charge on any atom is -0.441 e. The van der Waals surface area contributed by atoms with E-state index < -0.39 is 6.04 Å². The van der Waals surface area contributed by atoms with E-state index >= 15 is 0 Å². The first-order valence-corrected chi connectivity index (χ1v) is 8.26. The van der Waals surface area contributed by atoms with Gasteiger partial charge in [-0.05, 0) is 12.1 Å². The van der Waals surface area contributed by atoms with Crippen molar-refractivity contribution >= 4 is 5.91 Å². The predicted octanol–water partition coefficient (Wildman–Crippen LogP) is 1.52. The van der Waals surface area contributed by atoms with Crippen LogP contribution in [-0.4, -0.2) is 38.3 Å². The molecule has 0 radical (unpaired) electrons. The van der Waals surface area contributed by atoms with Gasteiger partial charge in [-0.2, -0.15) is 0 Å². The van der Waals surface area contributed by atoms with Gasteiger partial charge in [0.2, 0.25) is 11.8 Å². The molecule has 2 aromatic heterocycles. The van der Waals surface area contributed by atoms with Crippen molar-refractivity contribution in [2.45, 2.75) is 25.4 Å². The lowest BCUT2D eigenvalue weighted by molar-refractivity contribution is -0.133. The van der Waals surface area contributed by atoms with Gasteiger partial charge in [0.1, 0.15) is 11.5 Å². The van der Waals surface area contributed by atoms with Gasteiger partial charge >= 0.3 is 0 Å². The summed E-state index contributed by atoms with van der Waals surface area (Å²) in [7, 11) is 0. The Balaban J connectivity index is 1.47. The predicted molar refractivity (Wildman–Crippen MR) is 91.3 cm³/mol. The number of hydrogen-bond acceptors (Lipinski definition) is 5. The highest BCUT2D eigenvalue weighted by Gasteiger charge is 2.28. The molecule has 1 amide bonds. The number of rotatable bonds is 4. The number of hydrogen-bond donors (Lipinski definition) is 2. The van der Waals surface area contributed by atoms with Crippen molar-refractivity contribution in [3.8, 4) is 11.5 Å². The van der Waals surface area contributed by atoms with Crippen LogP contribution in [-0.2, 0) is 24.2 Å². The molecule has 0 aliphatic carbocycles. The van der Waals surface area contributed by atoms with Crippen molar-refractivity contribution in [1.82, 2.24) is 19.9 Å². The third-order valence-corrected chi connectivity index (χ3v) is 4.37. The van der Waals surface area contributed by atoms with E-state index in [2.05, 4.69) is 15.0 Å². The number of nitrogens with zero attached hydrogens (tertiary/aromatic N) is 3. The fraction of sp³-hybridized carbons (Fsp3) is 0.278. The quantitative estimate of drug-likeness (QED) is 0.752. The van der Waals surface area contributed by atoms with E-state index in [9.17, 15) is 4.79 Å². The molecule has 7 heteroatoms. The maximum atomic E-state index is 12.6. The first-order valence-electron chi connectivity index (χ1n) is 8.26. The van der Waals surface area contributed by atoms with Crippen molar-refractivity contribution < 1.29 is 9.21 Å². The molecule has 1 atom stereocenters. The Morgan fingerprint density at radius 3 is 2.96 bits per heavy atom. The van der Waals surface area contributed by atoms with Crippen LogP contribution in [0.5, 0.6) is 0 Å². The number of carbonyl (C=O) groups is 1. The van der Waals surface area contributed by atoms with E-state index in [-0.39, 0.29) is 5.91 Å². The monoisotopic (exact) mass is 337 g/mol. The molecule has 4 rings (SSSR count). The molecule has 3 aromatic rings. The Kier molecular flexibility index (Phi) is 4.07. The zero-order chi connectivity index (χ0) is 17.2. The zero-order valence-corrected chi connectivity index (χ0v) is 13.7. The highest BCUT2D eigenvalue weighted by atomic mass is 16.4. The molecule has 128 valence electrons. The second-order valence-corrected chi connectivity index (χ2v) is 6.15. The van der Waals surface area contributed by atoms with Gasteiger partial charge in [-0.15, -0.1) is 0 Å². The summed E-state index contributed by atoms with van der Waals surface area (Å²) in [6, 6.07) is 9.17. The molecule has 1 aliphatic rings. The van der Waals surface area contributed by atoms with Gasteiger partial charge in [0.05, 0.1) is 18.9 Å². The number of carbonyl (C=O) groups excluding carboxylic acids is 1. The minimum absolute atomic E-state index is 0.0792. The molecule has 0 bridgehead atoms. The standard InChI is InChI=1S/C18H19N5O2/c19-14(8-13-9-20-11-21-13)18(24)23-7-6-16-15(10-23)22-17(25-16)12-4-2-1-3-5-12/h1-5,9,11,14H,6-8,10,19H2,(H,20,21)/t14-/m0/s1. The molecular formula is C18H19N5O2. The number of nitrogens with two attached hydrogens (primary N) is 1. The van der Waals surface area contributed by atoms with Crippen LogP contribution in [0.4, 0.5) is 0 Å². The molecule has 0 saturated carbocycles. The van der Waals surface area contributed by atoms with Crippen LogP contribution in [0.2, 0.25) is 0 Å². The number of nitrogens with one attached hydrogen (secondary N) is 1. The number of aromatic nitrogens is 3. The average molecular weight is 337 g/mol. The van der Waals surface area contributed by atoms with Crippen molar-refractivity contribution in [2.75, 3.05) is 6.54 Å². The van der Waals surface area contributed by atoms with Crippen LogP contribution in [0.1, 0.15) is 17.1 Å². The van der Waals surface area contributed by atoms with Gasteiger partial charge in [0.25, 0.3) is 0 Å². The molecule has 0 unspecified atom stereocenters. The van der Waals surface area contributed by atoms with Gasteiger partial charge in [0, 0.05) is 36.8 Å². The highest BCUT2D eigenvalue weighted by Crippen LogP contribution is 2.26.